The summed E-state index contributed by atoms with van der Waals surface area (Å²) in [5.41, 5.74) is -1.87. The molecule has 0 bridgehead atoms. The Bertz CT molecular complexity index is 1210. The largest absolute Gasteiger partial charge is 0.451 e. The third kappa shape index (κ3) is 4.43. The number of rotatable bonds is 4. The second-order valence-electron chi connectivity index (χ2n) is 6.14. The zero-order valence-corrected chi connectivity index (χ0v) is 16.0. The number of aromatic nitrogens is 2. The Kier molecular flexibility index (Phi) is 5.79. The number of carbonyl (C=O) groups is 2. The van der Waals surface area contributed by atoms with E-state index in [4.69, 9.17) is 16.3 Å². The van der Waals surface area contributed by atoms with E-state index in [-0.39, 0.29) is 22.2 Å². The molecule has 0 aliphatic rings. The highest BCUT2D eigenvalue weighted by molar-refractivity contribution is 6.31. The zero-order chi connectivity index (χ0) is 22.1. The van der Waals surface area contributed by atoms with Crippen LogP contribution in [0.25, 0.3) is 10.8 Å². The minimum Gasteiger partial charge on any atom is -0.451 e. The van der Waals surface area contributed by atoms with E-state index in [1.54, 1.807) is 12.1 Å². The lowest BCUT2D eigenvalue weighted by molar-refractivity contribution is -0.137. The Morgan fingerprint density at radius 1 is 1.17 bits per heavy atom. The average Bonchev–Trinajstić information content (AvgIpc) is 2.69. The molecule has 0 aliphatic heterocycles. The highest BCUT2D eigenvalue weighted by Crippen LogP contribution is 2.36. The first-order chi connectivity index (χ1) is 14.1. The third-order valence-corrected chi connectivity index (χ3v) is 4.37. The van der Waals surface area contributed by atoms with Crippen LogP contribution in [0.15, 0.2) is 47.3 Å². The van der Waals surface area contributed by atoms with E-state index in [0.717, 1.165) is 10.7 Å². The molecular formula is C19H13ClF3N3O4. The zero-order valence-electron chi connectivity index (χ0n) is 15.3. The number of alkyl halides is 3. The van der Waals surface area contributed by atoms with Gasteiger partial charge in [-0.15, -0.1) is 0 Å². The lowest BCUT2D eigenvalue weighted by Gasteiger charge is -2.12. The standard InChI is InChI=1S/C19H13ClF3N3O4/c1-26-17(28)12-5-3-2-4-11(12)16(25-26)18(29)30-9-15(27)24-10-6-7-14(20)13(8-10)19(21,22)23/h2-8H,9H2,1H3,(H,24,27). The number of anilines is 1. The van der Waals surface area contributed by atoms with E-state index in [1.807, 2.05) is 0 Å². The van der Waals surface area contributed by atoms with Gasteiger partial charge in [0.1, 0.15) is 0 Å². The number of nitrogens with zero attached hydrogens (tertiary/aromatic N) is 2. The molecule has 0 unspecified atom stereocenters. The molecule has 0 fully saturated rings. The summed E-state index contributed by atoms with van der Waals surface area (Å²) in [6.07, 6.45) is -4.69. The van der Waals surface area contributed by atoms with Crippen LogP contribution in [0.3, 0.4) is 0 Å². The van der Waals surface area contributed by atoms with Crippen molar-refractivity contribution in [2.45, 2.75) is 6.18 Å². The smallest absolute Gasteiger partial charge is 0.417 e. The molecule has 1 heterocycles. The molecular weight excluding hydrogens is 427 g/mol. The van der Waals surface area contributed by atoms with Crippen LogP contribution in [-0.2, 0) is 22.8 Å². The Hall–Kier alpha value is -3.40. The number of nitrogens with one attached hydrogen (secondary N) is 1. The van der Waals surface area contributed by atoms with E-state index in [0.29, 0.717) is 6.07 Å². The molecule has 0 saturated heterocycles. The molecule has 1 N–H and O–H groups in total. The molecule has 0 atom stereocenters. The van der Waals surface area contributed by atoms with Crippen LogP contribution in [0.4, 0.5) is 18.9 Å². The van der Waals surface area contributed by atoms with Crippen LogP contribution in [0, 0.1) is 0 Å². The Balaban J connectivity index is 1.73. The van der Waals surface area contributed by atoms with Gasteiger partial charge in [0, 0.05) is 18.1 Å². The average molecular weight is 440 g/mol. The van der Waals surface area contributed by atoms with Crippen LogP contribution < -0.4 is 10.9 Å². The molecule has 0 radical (unpaired) electrons. The van der Waals surface area contributed by atoms with Gasteiger partial charge in [0.2, 0.25) is 0 Å². The first-order valence-electron chi connectivity index (χ1n) is 8.37. The highest BCUT2D eigenvalue weighted by atomic mass is 35.5. The summed E-state index contributed by atoms with van der Waals surface area (Å²) < 4.78 is 44.6. The van der Waals surface area contributed by atoms with E-state index in [2.05, 4.69) is 10.4 Å². The van der Waals surface area contributed by atoms with Crippen LogP contribution in [0.5, 0.6) is 0 Å². The van der Waals surface area contributed by atoms with Gasteiger partial charge in [-0.25, -0.2) is 9.48 Å². The van der Waals surface area contributed by atoms with Crippen molar-refractivity contribution in [1.82, 2.24) is 9.78 Å². The van der Waals surface area contributed by atoms with Crippen molar-refractivity contribution in [3.8, 4) is 0 Å². The van der Waals surface area contributed by atoms with Crippen LogP contribution in [-0.4, -0.2) is 28.3 Å². The molecule has 0 aliphatic carbocycles. The number of ether oxygens (including phenoxy) is 1. The van der Waals surface area contributed by atoms with Crippen LogP contribution in [0.1, 0.15) is 16.1 Å². The summed E-state index contributed by atoms with van der Waals surface area (Å²) in [5.74, 6) is -1.84. The number of aryl methyl sites for hydroxylation is 1. The molecule has 0 spiro atoms. The van der Waals surface area contributed by atoms with Gasteiger partial charge in [-0.05, 0) is 24.3 Å². The van der Waals surface area contributed by atoms with Crippen LogP contribution >= 0.6 is 11.6 Å². The van der Waals surface area contributed by atoms with Crippen molar-refractivity contribution in [2.75, 3.05) is 11.9 Å². The maximum atomic E-state index is 12.9. The summed E-state index contributed by atoms with van der Waals surface area (Å²) in [4.78, 5) is 36.5. The summed E-state index contributed by atoms with van der Waals surface area (Å²) in [6, 6.07) is 9.09. The summed E-state index contributed by atoms with van der Waals surface area (Å²) in [6.45, 7) is -0.776. The molecule has 1 aromatic heterocycles. The Morgan fingerprint density at radius 2 is 1.83 bits per heavy atom. The number of benzene rings is 2. The maximum Gasteiger partial charge on any atom is 0.417 e. The molecule has 1 amide bonds. The fraction of sp³-hybridized carbons (Fsp3) is 0.158. The number of fused-ring (bicyclic) bond motifs is 1. The van der Waals surface area contributed by atoms with Gasteiger partial charge < -0.3 is 10.1 Å². The van der Waals surface area contributed by atoms with Crippen LogP contribution in [0.2, 0.25) is 5.02 Å². The predicted molar refractivity (Wildman–Crippen MR) is 102 cm³/mol. The predicted octanol–water partition coefficient (Wildman–Crippen LogP) is 3.40. The van der Waals surface area contributed by atoms with Gasteiger partial charge in [-0.3, -0.25) is 9.59 Å². The molecule has 11 heteroatoms. The minimum absolute atomic E-state index is 0.168. The van der Waals surface area contributed by atoms with E-state index in [9.17, 15) is 27.6 Å². The van der Waals surface area contributed by atoms with Crippen molar-refractivity contribution in [3.63, 3.8) is 0 Å². The molecule has 7 nitrogen and oxygen atoms in total. The van der Waals surface area contributed by atoms with Gasteiger partial charge in [0.25, 0.3) is 11.5 Å². The normalized spacial score (nSPS) is 11.4. The minimum atomic E-state index is -4.69. The SMILES string of the molecule is Cn1nc(C(=O)OCC(=O)Nc2ccc(Cl)c(C(F)(F)F)c2)c2ccccc2c1=O. The number of hydrogen-bond donors (Lipinski definition) is 1. The summed E-state index contributed by atoms with van der Waals surface area (Å²) in [7, 11) is 1.36. The van der Waals surface area contributed by atoms with Crippen molar-refractivity contribution in [3.05, 3.63) is 69.1 Å². The number of amides is 1. The van der Waals surface area contributed by atoms with E-state index in [1.165, 1.54) is 25.2 Å². The quantitative estimate of drug-likeness (QED) is 0.629. The lowest BCUT2D eigenvalue weighted by Crippen LogP contribution is -2.26. The molecule has 3 aromatic rings. The Labute approximate surface area is 172 Å². The van der Waals surface area contributed by atoms with Gasteiger partial charge in [-0.1, -0.05) is 29.8 Å². The van der Waals surface area contributed by atoms with Crippen molar-refractivity contribution in [1.29, 1.82) is 0 Å². The molecule has 3 rings (SSSR count). The molecule has 156 valence electrons. The monoisotopic (exact) mass is 439 g/mol. The van der Waals surface area contributed by atoms with E-state index < -0.39 is 40.8 Å². The van der Waals surface area contributed by atoms with Crippen molar-refractivity contribution in [2.24, 2.45) is 7.05 Å². The number of halogens is 4. The fourth-order valence-electron chi connectivity index (χ4n) is 2.67. The van der Waals surface area contributed by atoms with E-state index >= 15 is 0 Å². The van der Waals surface area contributed by atoms with Gasteiger partial charge in [0.15, 0.2) is 12.3 Å². The fourth-order valence-corrected chi connectivity index (χ4v) is 2.89. The van der Waals surface area contributed by atoms with Gasteiger partial charge >= 0.3 is 12.1 Å². The maximum absolute atomic E-state index is 12.9. The van der Waals surface area contributed by atoms with Crippen molar-refractivity contribution >= 4 is 39.9 Å². The lowest BCUT2D eigenvalue weighted by atomic mass is 10.1. The third-order valence-electron chi connectivity index (χ3n) is 4.04. The first-order valence-corrected chi connectivity index (χ1v) is 8.75. The topological polar surface area (TPSA) is 90.3 Å². The van der Waals surface area contributed by atoms with Gasteiger partial charge in [-0.2, -0.15) is 18.3 Å². The van der Waals surface area contributed by atoms with Gasteiger partial charge in [0.05, 0.1) is 16.0 Å². The highest BCUT2D eigenvalue weighted by Gasteiger charge is 2.33. The molecule has 0 saturated carbocycles. The first kappa shape index (κ1) is 21.3. The Morgan fingerprint density at radius 3 is 2.50 bits per heavy atom. The number of hydrogen-bond acceptors (Lipinski definition) is 5. The second-order valence-corrected chi connectivity index (χ2v) is 6.55. The molecule has 2 aromatic carbocycles. The second kappa shape index (κ2) is 8.15. The number of carbonyl (C=O) groups excluding carboxylic acids is 2. The summed E-state index contributed by atoms with van der Waals surface area (Å²) >= 11 is 5.53. The summed E-state index contributed by atoms with van der Waals surface area (Å²) in [5, 5.41) is 6.04. The number of esters is 1. The van der Waals surface area contributed by atoms with Crippen molar-refractivity contribution < 1.29 is 27.5 Å². The molecule has 30 heavy (non-hydrogen) atoms.